The minimum atomic E-state index is -0.414. The van der Waals surface area contributed by atoms with Crippen LogP contribution in [-0.4, -0.2) is 111 Å². The number of nitrogens with zero attached hydrogens (tertiary/aromatic N) is 20. The van der Waals surface area contributed by atoms with E-state index in [9.17, 15) is 10.1 Å². The van der Waals surface area contributed by atoms with E-state index in [0.29, 0.717) is 53.7 Å². The summed E-state index contributed by atoms with van der Waals surface area (Å²) >= 11 is 29.7. The van der Waals surface area contributed by atoms with Crippen LogP contribution in [0.15, 0.2) is 238 Å². The highest BCUT2D eigenvalue weighted by atomic mass is 79.9. The molecule has 20 aromatic rings. The van der Waals surface area contributed by atoms with Gasteiger partial charge in [0.15, 0.2) is 20.6 Å². The maximum absolute atomic E-state index is 10.9. The normalized spacial score (nSPS) is 11.5. The molecule has 0 saturated carbocycles. The van der Waals surface area contributed by atoms with Gasteiger partial charge >= 0.3 is 0 Å². The molecule has 15 aromatic heterocycles. The molecule has 25 nitrogen and oxygen atoms in total. The van der Waals surface area contributed by atoms with Crippen molar-refractivity contribution in [3.8, 4) is 0 Å². The van der Waals surface area contributed by atoms with Gasteiger partial charge in [0.1, 0.15) is 33.0 Å². The number of halogens is 4. The number of fused-ring (bicyclic) bond motifs is 10. The van der Waals surface area contributed by atoms with Crippen LogP contribution < -0.4 is 0 Å². The molecule has 0 aliphatic rings. The van der Waals surface area contributed by atoms with E-state index in [1.54, 1.807) is 52.1 Å². The molecule has 0 amide bonds. The summed E-state index contributed by atoms with van der Waals surface area (Å²) < 4.78 is 15.1. The third kappa shape index (κ3) is 17.9. The number of nitrogens with one attached hydrogen (secondary N) is 3. The van der Waals surface area contributed by atoms with E-state index in [0.717, 1.165) is 139 Å². The van der Waals surface area contributed by atoms with Crippen LogP contribution in [0.4, 0.5) is 5.69 Å². The Morgan fingerprint density at radius 2 is 0.991 bits per heavy atom. The van der Waals surface area contributed by atoms with E-state index < -0.39 is 4.92 Å². The van der Waals surface area contributed by atoms with Gasteiger partial charge in [0.2, 0.25) is 5.16 Å². The summed E-state index contributed by atoms with van der Waals surface area (Å²) in [5.41, 5.74) is 22.1. The lowest BCUT2D eigenvalue weighted by molar-refractivity contribution is -0.384. The van der Waals surface area contributed by atoms with Crippen LogP contribution in [0, 0.1) is 37.8 Å². The second kappa shape index (κ2) is 34.1. The summed E-state index contributed by atoms with van der Waals surface area (Å²) in [6.07, 6.45) is 18.1. The van der Waals surface area contributed by atoms with Crippen LogP contribution in [0.2, 0.25) is 15.1 Å². The van der Waals surface area contributed by atoms with Crippen molar-refractivity contribution in [3.63, 3.8) is 0 Å². The number of hydrogen-bond acceptors (Lipinski definition) is 19. The molecule has 15 heterocycles. The molecule has 0 spiro atoms. The summed E-state index contributed by atoms with van der Waals surface area (Å²) in [5.74, 6) is 5.23. The van der Waals surface area contributed by atoms with Crippen molar-refractivity contribution in [2.45, 2.75) is 95.7 Å². The third-order valence-corrected chi connectivity index (χ3v) is 24.0. The summed E-state index contributed by atoms with van der Waals surface area (Å²) in [5, 5.41) is 21.6. The molecule has 114 heavy (non-hydrogen) atoms. The number of pyridine rings is 4. The van der Waals surface area contributed by atoms with Crippen LogP contribution in [0.25, 0.3) is 83.5 Å². The van der Waals surface area contributed by atoms with E-state index in [1.807, 2.05) is 122 Å². The first kappa shape index (κ1) is 77.2. The van der Waals surface area contributed by atoms with Crippen LogP contribution >= 0.6 is 110 Å². The average molecular weight is 1730 g/mol. The second-order valence-corrected chi connectivity index (χ2v) is 33.2. The van der Waals surface area contributed by atoms with Gasteiger partial charge in [0.05, 0.1) is 88.6 Å². The van der Waals surface area contributed by atoms with Crippen LogP contribution in [0.3, 0.4) is 0 Å². The lowest BCUT2D eigenvalue weighted by Crippen LogP contribution is -1.96. The first-order valence-corrected chi connectivity index (χ1v) is 42.4. The summed E-state index contributed by atoms with van der Waals surface area (Å²) in [6.45, 7) is 11.4. The Hall–Kier alpha value is -10.7. The summed E-state index contributed by atoms with van der Waals surface area (Å²) in [6, 6.07) is 48.1. The van der Waals surface area contributed by atoms with Gasteiger partial charge in [-0.2, -0.15) is 4.98 Å². The number of thioether (sulfide) groups is 5. The largest absolute Gasteiger partial charge is 0.333 e. The Morgan fingerprint density at radius 1 is 0.474 bits per heavy atom. The van der Waals surface area contributed by atoms with Crippen LogP contribution in [0.1, 0.15) is 57.8 Å². The van der Waals surface area contributed by atoms with Gasteiger partial charge in [-0.05, 0) is 176 Å². The Morgan fingerprint density at radius 3 is 1.56 bits per heavy atom. The smallest absolute Gasteiger partial charge is 0.271 e. The predicted octanol–water partition coefficient (Wildman–Crippen LogP) is 20.7. The monoisotopic (exact) mass is 1730 g/mol. The molecule has 0 saturated heterocycles. The fourth-order valence-electron chi connectivity index (χ4n) is 12.4. The Balaban J connectivity index is 0.000000107. The zero-order valence-electron chi connectivity index (χ0n) is 61.7. The molecule has 20 rings (SSSR count). The minimum absolute atomic E-state index is 0.0474. The van der Waals surface area contributed by atoms with E-state index in [1.165, 1.54) is 57.9 Å². The number of imidazole rings is 9. The fourth-order valence-corrected chi connectivity index (χ4v) is 17.8. The molecule has 572 valence electrons. The molecule has 34 heteroatoms. The Labute approximate surface area is 694 Å². The number of rotatable bonds is 17. The number of nitro benzene ring substituents is 1. The highest BCUT2D eigenvalue weighted by molar-refractivity contribution is 9.10. The molecule has 0 unspecified atom stereocenters. The number of para-hydroxylation sites is 2. The van der Waals surface area contributed by atoms with Crippen molar-refractivity contribution in [3.05, 3.63) is 288 Å². The van der Waals surface area contributed by atoms with Gasteiger partial charge in [0, 0.05) is 120 Å². The predicted molar refractivity (Wildman–Crippen MR) is 462 cm³/mol. The van der Waals surface area contributed by atoms with Crippen molar-refractivity contribution < 1.29 is 4.92 Å². The molecule has 0 atom stereocenters. The van der Waals surface area contributed by atoms with Gasteiger partial charge in [-0.25, -0.2) is 54.4 Å². The molecule has 5 aromatic carbocycles. The summed E-state index contributed by atoms with van der Waals surface area (Å²) in [7, 11) is 2.00. The molecular weight excluding hydrogens is 1660 g/mol. The topological polar surface area (TPSA) is 277 Å². The molecular formula is C80H67BrCl3N23O2S5. The van der Waals surface area contributed by atoms with Crippen LogP contribution in [0.5, 0.6) is 0 Å². The number of H-pyrrole nitrogens is 3. The van der Waals surface area contributed by atoms with E-state index >= 15 is 0 Å². The Bertz CT molecular complexity index is 6580. The standard InChI is InChI=1S/C18H18N4S.C16H12BrN5O2S.2C16H13ClN4S.C14H11ClN6S/c1-3-22-16-7-5-4-6-15(16)20-18(22)23-12-14-11-21-10-13(2)8-9-17(21)19-14;1-9-2-5-14-18-13(15(17)21(14)7-9)8-25-16-19-11-4-3-10(22(23)24)6-12(11)20-16;2*1-10-2-5-15-18-12(8-21(15)7-10)9-22-16-19-13-4-3-11(17)6-14(13)20-16;1-20-11-4-3-9(15)7-10(11)17-12(20)8-22-14-18-13-16-5-2-6-21(13)19-14/h4-11H,3,12H2,1-2H3;2-7H,8H2,1H3,(H,19,20);2*2-8H,9H2,1H3,(H,19,20);2-7H,8H2,1H3. The lowest BCUT2D eigenvalue weighted by Gasteiger charge is -2.04. The number of hydrogen-bond donors (Lipinski definition) is 3. The Kier molecular flexibility index (Phi) is 23.1. The highest BCUT2D eigenvalue weighted by Crippen LogP contribution is 2.33. The van der Waals surface area contributed by atoms with Gasteiger partial charge in [0.25, 0.3) is 11.5 Å². The molecule has 0 bridgehead atoms. The van der Waals surface area contributed by atoms with Crippen molar-refractivity contribution in [2.24, 2.45) is 7.05 Å². The van der Waals surface area contributed by atoms with E-state index in [2.05, 4.69) is 215 Å². The van der Waals surface area contributed by atoms with Crippen molar-refractivity contribution in [1.82, 2.24) is 106 Å². The number of nitro groups is 1. The summed E-state index contributed by atoms with van der Waals surface area (Å²) in [4.78, 5) is 70.1. The molecule has 0 aliphatic carbocycles. The number of benzene rings is 5. The number of aryl methyl sites for hydroxylation is 6. The van der Waals surface area contributed by atoms with Crippen LogP contribution in [-0.2, 0) is 42.4 Å². The van der Waals surface area contributed by atoms with Gasteiger partial charge < -0.3 is 37.3 Å². The quantitative estimate of drug-likeness (QED) is 0.0434. The molecule has 0 fully saturated rings. The third-order valence-electron chi connectivity index (χ3n) is 17.9. The number of non-ortho nitro benzene ring substituents is 1. The van der Waals surface area contributed by atoms with Crippen molar-refractivity contribution >= 4 is 199 Å². The van der Waals surface area contributed by atoms with Gasteiger partial charge in [-0.3, -0.25) is 14.5 Å². The van der Waals surface area contributed by atoms with Crippen molar-refractivity contribution in [2.75, 3.05) is 0 Å². The maximum Gasteiger partial charge on any atom is 0.271 e. The zero-order valence-corrected chi connectivity index (χ0v) is 69.6. The van der Waals surface area contributed by atoms with E-state index in [-0.39, 0.29) is 5.69 Å². The zero-order chi connectivity index (χ0) is 78.7. The number of aromatic amines is 3. The van der Waals surface area contributed by atoms with Gasteiger partial charge in [-0.15, -0.1) is 5.10 Å². The average Bonchev–Trinajstić information content (AvgIpc) is 1.65. The lowest BCUT2D eigenvalue weighted by atomic mass is 10.3. The highest BCUT2D eigenvalue weighted by Gasteiger charge is 2.18. The maximum atomic E-state index is 10.9. The van der Waals surface area contributed by atoms with Crippen molar-refractivity contribution in [1.29, 1.82) is 0 Å². The molecule has 0 radical (unpaired) electrons. The first-order chi connectivity index (χ1) is 55.3. The molecule has 3 N–H and O–H groups in total. The van der Waals surface area contributed by atoms with E-state index in [4.69, 9.17) is 39.8 Å². The fraction of sp³-hybridized carbons (Fsp3) is 0.150. The molecule has 0 aliphatic heterocycles. The van der Waals surface area contributed by atoms with Gasteiger partial charge in [-0.1, -0.05) is 130 Å². The SMILES string of the molecule is CCn1c(SCc2cn3cc(C)ccc3n2)nc2ccccc21.Cc1ccc2nc(CSc3nc4ccc(Cl)cc4[nH]3)cn2c1.Cc1ccc2nc(CSc3nc4ccc(Cl)cc4[nH]3)cn2c1.Cc1ccc2nc(CSc3nc4ccc([N+](=O)[O-])cc4[nH]3)c(Br)n2c1.Cn1c(CSc2nc3ncccn3n2)nc2cc(Cl)ccc21. The number of aromatic nitrogens is 22. The second-order valence-electron chi connectivity index (χ2n) is 26.4. The first-order valence-electron chi connectivity index (χ1n) is 35.6. The minimum Gasteiger partial charge on any atom is -0.333 e.